The molecule has 1 N–H and O–H groups in total. The van der Waals surface area contributed by atoms with Crippen LogP contribution >= 0.6 is 11.3 Å². The molecule has 1 saturated heterocycles. The molecule has 0 amide bonds. The fourth-order valence-corrected chi connectivity index (χ4v) is 4.45. The van der Waals surface area contributed by atoms with Crippen LogP contribution in [0.15, 0.2) is 11.4 Å². The van der Waals surface area contributed by atoms with Crippen molar-refractivity contribution in [2.24, 2.45) is 5.92 Å². The van der Waals surface area contributed by atoms with Crippen LogP contribution in [0.25, 0.3) is 0 Å². The van der Waals surface area contributed by atoms with Gasteiger partial charge in [-0.1, -0.05) is 6.42 Å². The molecule has 0 aliphatic carbocycles. The van der Waals surface area contributed by atoms with Crippen molar-refractivity contribution in [3.63, 3.8) is 0 Å². The molecule has 0 aromatic carbocycles. The predicted octanol–water partition coefficient (Wildman–Crippen LogP) is 3.13. The molecule has 3 unspecified atom stereocenters. The molecule has 3 heterocycles. The minimum atomic E-state index is -1.48. The summed E-state index contributed by atoms with van der Waals surface area (Å²) in [6.45, 7) is 7.28. The second-order valence-corrected chi connectivity index (χ2v) is 8.04. The van der Waals surface area contributed by atoms with E-state index in [0.29, 0.717) is 6.61 Å². The highest BCUT2D eigenvalue weighted by Crippen LogP contribution is 2.30. The summed E-state index contributed by atoms with van der Waals surface area (Å²) in [6.07, 6.45) is 4.41. The van der Waals surface area contributed by atoms with E-state index < -0.39 is 11.8 Å². The summed E-state index contributed by atoms with van der Waals surface area (Å²) in [5.74, 6) is -2.25. The Morgan fingerprint density at radius 2 is 2.33 bits per heavy atom. The Kier molecular flexibility index (Phi) is 5.59. The number of thiophene rings is 1. The average Bonchev–Trinajstić information content (AvgIpc) is 3.01. The summed E-state index contributed by atoms with van der Waals surface area (Å²) in [7, 11) is 0. The molecule has 3 atom stereocenters. The van der Waals surface area contributed by atoms with Crippen LogP contribution in [0.4, 0.5) is 0 Å². The van der Waals surface area contributed by atoms with E-state index in [9.17, 15) is 4.79 Å². The SMILES string of the molecule is CC1OC(C)(C(=O)O)OCC1CCCCN1CCc2sccc2C1. The molecular formula is C18H27NO4S. The lowest BCUT2D eigenvalue weighted by Gasteiger charge is -2.39. The standard InChI is InChI=1S/C18H27NO4S/c1-13-15(12-22-18(2,23-13)17(20)21)5-3-4-8-19-9-6-16-14(11-19)7-10-24-16/h7,10,13,15H,3-6,8-9,11-12H2,1-2H3,(H,20,21). The molecule has 0 spiro atoms. The van der Waals surface area contributed by atoms with Crippen molar-refractivity contribution in [2.75, 3.05) is 19.7 Å². The molecule has 1 aromatic heterocycles. The molecule has 24 heavy (non-hydrogen) atoms. The van der Waals surface area contributed by atoms with Crippen LogP contribution in [0.2, 0.25) is 0 Å². The minimum absolute atomic E-state index is 0.0804. The smallest absolute Gasteiger partial charge is 0.364 e. The molecule has 0 bridgehead atoms. The number of carboxylic acid groups (broad SMARTS) is 1. The number of carboxylic acids is 1. The van der Waals surface area contributed by atoms with Crippen LogP contribution in [-0.2, 0) is 27.2 Å². The zero-order valence-corrected chi connectivity index (χ0v) is 15.3. The van der Waals surface area contributed by atoms with Crippen molar-refractivity contribution in [1.29, 1.82) is 0 Å². The molecule has 1 aromatic rings. The lowest BCUT2D eigenvalue weighted by molar-refractivity contribution is -0.292. The molecule has 134 valence electrons. The zero-order chi connectivity index (χ0) is 17.2. The van der Waals surface area contributed by atoms with Gasteiger partial charge in [0.05, 0.1) is 12.7 Å². The Morgan fingerprint density at radius 3 is 3.08 bits per heavy atom. The molecule has 5 nitrogen and oxygen atoms in total. The highest BCUT2D eigenvalue weighted by molar-refractivity contribution is 7.10. The van der Waals surface area contributed by atoms with E-state index in [1.54, 1.807) is 4.88 Å². The van der Waals surface area contributed by atoms with Gasteiger partial charge < -0.3 is 14.6 Å². The van der Waals surface area contributed by atoms with E-state index >= 15 is 0 Å². The van der Waals surface area contributed by atoms with Crippen LogP contribution in [0.5, 0.6) is 0 Å². The maximum Gasteiger partial charge on any atom is 0.364 e. The fourth-order valence-electron chi connectivity index (χ4n) is 3.56. The molecule has 1 fully saturated rings. The van der Waals surface area contributed by atoms with Crippen molar-refractivity contribution in [2.45, 2.75) is 58.0 Å². The van der Waals surface area contributed by atoms with Crippen molar-refractivity contribution in [3.8, 4) is 0 Å². The van der Waals surface area contributed by atoms with E-state index in [0.717, 1.165) is 32.5 Å². The summed E-state index contributed by atoms with van der Waals surface area (Å²) in [4.78, 5) is 15.3. The first-order valence-corrected chi connectivity index (χ1v) is 9.68. The van der Waals surface area contributed by atoms with Crippen LogP contribution in [-0.4, -0.2) is 47.6 Å². The molecular weight excluding hydrogens is 326 g/mol. The molecule has 6 heteroatoms. The van der Waals surface area contributed by atoms with Gasteiger partial charge in [-0.25, -0.2) is 4.79 Å². The summed E-state index contributed by atoms with van der Waals surface area (Å²) in [5, 5.41) is 11.4. The highest BCUT2D eigenvalue weighted by atomic mass is 32.1. The first-order valence-electron chi connectivity index (χ1n) is 8.81. The van der Waals surface area contributed by atoms with Gasteiger partial charge in [-0.2, -0.15) is 0 Å². The number of hydrogen-bond donors (Lipinski definition) is 1. The molecule has 0 radical (unpaired) electrons. The molecule has 2 aliphatic heterocycles. The van der Waals surface area contributed by atoms with Gasteiger partial charge in [0.2, 0.25) is 0 Å². The van der Waals surface area contributed by atoms with E-state index in [4.69, 9.17) is 14.6 Å². The number of rotatable bonds is 6. The number of ether oxygens (including phenoxy) is 2. The number of aliphatic carboxylic acids is 1. The van der Waals surface area contributed by atoms with Crippen LogP contribution in [0, 0.1) is 5.92 Å². The highest BCUT2D eigenvalue weighted by Gasteiger charge is 2.43. The summed E-state index contributed by atoms with van der Waals surface area (Å²) < 4.78 is 11.1. The Balaban J connectivity index is 1.36. The largest absolute Gasteiger partial charge is 0.477 e. The summed E-state index contributed by atoms with van der Waals surface area (Å²) in [6, 6.07) is 2.25. The third kappa shape index (κ3) is 3.99. The maximum absolute atomic E-state index is 11.2. The van der Waals surface area contributed by atoms with Crippen molar-refractivity contribution >= 4 is 17.3 Å². The topological polar surface area (TPSA) is 59.0 Å². The Hall–Kier alpha value is -0.950. The Morgan fingerprint density at radius 1 is 1.50 bits per heavy atom. The first kappa shape index (κ1) is 17.9. The normalized spacial score (nSPS) is 30.9. The van der Waals surface area contributed by atoms with Gasteiger partial charge in [0.25, 0.3) is 5.79 Å². The van der Waals surface area contributed by atoms with Crippen LogP contribution < -0.4 is 0 Å². The first-order chi connectivity index (χ1) is 11.5. The van der Waals surface area contributed by atoms with Gasteiger partial charge in [-0.3, -0.25) is 4.90 Å². The number of unbranched alkanes of at least 4 members (excludes halogenated alkanes) is 1. The van der Waals surface area contributed by atoms with Gasteiger partial charge >= 0.3 is 5.97 Å². The van der Waals surface area contributed by atoms with Gasteiger partial charge in [0, 0.05) is 30.8 Å². The minimum Gasteiger partial charge on any atom is -0.477 e. The molecule has 0 saturated carbocycles. The third-order valence-electron chi connectivity index (χ3n) is 5.22. The van der Waals surface area contributed by atoms with E-state index in [-0.39, 0.29) is 12.0 Å². The summed E-state index contributed by atoms with van der Waals surface area (Å²) in [5.41, 5.74) is 1.50. The Labute approximate surface area is 147 Å². The predicted molar refractivity (Wildman–Crippen MR) is 93.2 cm³/mol. The lowest BCUT2D eigenvalue weighted by Crippen LogP contribution is -2.51. The van der Waals surface area contributed by atoms with Crippen molar-refractivity contribution in [3.05, 3.63) is 21.9 Å². The number of hydrogen-bond acceptors (Lipinski definition) is 5. The second kappa shape index (κ2) is 7.52. The van der Waals surface area contributed by atoms with Crippen molar-refractivity contribution in [1.82, 2.24) is 4.90 Å². The monoisotopic (exact) mass is 353 g/mol. The fraction of sp³-hybridized carbons (Fsp3) is 0.722. The van der Waals surface area contributed by atoms with E-state index in [1.807, 2.05) is 18.3 Å². The molecule has 2 aliphatic rings. The average molecular weight is 353 g/mol. The van der Waals surface area contributed by atoms with E-state index in [2.05, 4.69) is 16.3 Å². The lowest BCUT2D eigenvalue weighted by atomic mass is 9.95. The van der Waals surface area contributed by atoms with Gasteiger partial charge in [-0.15, -0.1) is 11.3 Å². The summed E-state index contributed by atoms with van der Waals surface area (Å²) >= 11 is 1.88. The van der Waals surface area contributed by atoms with E-state index in [1.165, 1.54) is 25.3 Å². The van der Waals surface area contributed by atoms with Gasteiger partial charge in [-0.05, 0) is 49.7 Å². The Bertz CT molecular complexity index is 575. The third-order valence-corrected chi connectivity index (χ3v) is 6.24. The second-order valence-electron chi connectivity index (χ2n) is 7.04. The molecule has 3 rings (SSSR count). The maximum atomic E-state index is 11.2. The number of carbonyl (C=O) groups is 1. The zero-order valence-electron chi connectivity index (χ0n) is 14.5. The van der Waals surface area contributed by atoms with Crippen LogP contribution in [0.1, 0.15) is 43.6 Å². The van der Waals surface area contributed by atoms with Gasteiger partial charge in [0.15, 0.2) is 0 Å². The number of nitrogens with zero attached hydrogens (tertiary/aromatic N) is 1. The quantitative estimate of drug-likeness (QED) is 0.796. The van der Waals surface area contributed by atoms with Crippen molar-refractivity contribution < 1.29 is 19.4 Å². The number of fused-ring (bicyclic) bond motifs is 1. The van der Waals surface area contributed by atoms with Crippen LogP contribution in [0.3, 0.4) is 0 Å². The van der Waals surface area contributed by atoms with Gasteiger partial charge in [0.1, 0.15) is 0 Å².